The topological polar surface area (TPSA) is 72.8 Å². The van der Waals surface area contributed by atoms with Gasteiger partial charge in [-0.05, 0) is 6.92 Å². The van der Waals surface area contributed by atoms with Gasteiger partial charge in [-0.1, -0.05) is 189 Å². The third-order valence-electron chi connectivity index (χ3n) is 7.92. The van der Waals surface area contributed by atoms with Crippen LogP contribution in [0.2, 0.25) is 0 Å². The van der Waals surface area contributed by atoms with Crippen molar-refractivity contribution in [3.05, 3.63) is 228 Å². The van der Waals surface area contributed by atoms with Gasteiger partial charge in [0, 0.05) is 39.0 Å². The normalized spacial score (nSPS) is 10.9. The largest absolute Gasteiger partial charge is 0.511 e. The second-order valence-corrected chi connectivity index (χ2v) is 11.1. The summed E-state index contributed by atoms with van der Waals surface area (Å²) in [7, 11) is 0. The van der Waals surface area contributed by atoms with Crippen LogP contribution in [0.1, 0.15) is 40.3 Å². The average molecular weight is 633 g/mol. The molecule has 0 aliphatic heterocycles. The van der Waals surface area contributed by atoms with Gasteiger partial charge in [-0.25, -0.2) is 9.59 Å². The Kier molecular flexibility index (Phi) is 10.6. The lowest BCUT2D eigenvalue weighted by molar-refractivity contribution is -0.132. The van der Waals surface area contributed by atoms with E-state index in [1.807, 2.05) is 182 Å². The summed E-state index contributed by atoms with van der Waals surface area (Å²) in [5.41, 5.74) is 2.50. The molecule has 0 spiro atoms. The molecule has 0 radical (unpaired) electrons. The van der Waals surface area contributed by atoms with E-state index in [-0.39, 0.29) is 5.57 Å². The third kappa shape index (κ3) is 7.11. The predicted molar refractivity (Wildman–Crippen MR) is 188 cm³/mol. The number of carbonyl (C=O) groups is 2. The van der Waals surface area contributed by atoms with Gasteiger partial charge < -0.3 is 14.6 Å². The van der Waals surface area contributed by atoms with Crippen LogP contribution in [0.15, 0.2) is 194 Å². The van der Waals surface area contributed by atoms with E-state index >= 15 is 0 Å². The second-order valence-electron chi connectivity index (χ2n) is 11.1. The molecule has 238 valence electrons. The Morgan fingerprint density at radius 2 is 0.604 bits per heavy atom. The highest BCUT2D eigenvalue weighted by molar-refractivity contribution is 5.84. The maximum absolute atomic E-state index is 14.5. The van der Waals surface area contributed by atoms with Crippen LogP contribution in [0.3, 0.4) is 0 Å². The van der Waals surface area contributed by atoms with Crippen molar-refractivity contribution in [1.29, 1.82) is 0 Å². The van der Waals surface area contributed by atoms with Crippen molar-refractivity contribution in [1.82, 2.24) is 0 Å². The molecule has 6 rings (SSSR count). The zero-order chi connectivity index (χ0) is 33.8. The molecule has 0 saturated carbocycles. The molecule has 5 heteroatoms. The maximum Gasteiger partial charge on any atom is 0.511 e. The minimum Gasteiger partial charge on any atom is -0.478 e. The Balaban J connectivity index is 0.000000689. The first-order valence-electron chi connectivity index (χ1n) is 15.5. The predicted octanol–water partition coefficient (Wildman–Crippen LogP) is 9.77. The highest BCUT2D eigenvalue weighted by atomic mass is 16.7. The lowest BCUT2D eigenvalue weighted by atomic mass is 9.79. The van der Waals surface area contributed by atoms with Crippen molar-refractivity contribution in [2.45, 2.75) is 18.1 Å². The molecular weight excluding hydrogens is 596 g/mol. The van der Waals surface area contributed by atoms with Gasteiger partial charge in [-0.15, -0.1) is 0 Å². The third-order valence-corrected chi connectivity index (χ3v) is 7.92. The molecule has 48 heavy (non-hydrogen) atoms. The molecule has 0 heterocycles. The Morgan fingerprint density at radius 3 is 0.750 bits per heavy atom. The van der Waals surface area contributed by atoms with Crippen LogP contribution in [-0.4, -0.2) is 17.2 Å². The minimum atomic E-state index is -1.27. The Labute approximate surface area is 281 Å². The smallest absolute Gasteiger partial charge is 0.478 e. The van der Waals surface area contributed by atoms with E-state index in [0.717, 1.165) is 33.4 Å². The van der Waals surface area contributed by atoms with Crippen LogP contribution in [0.25, 0.3) is 0 Å². The summed E-state index contributed by atoms with van der Waals surface area (Å²) in [5.74, 6) is -0.935. The molecule has 6 aromatic rings. The van der Waals surface area contributed by atoms with Crippen molar-refractivity contribution < 1.29 is 24.2 Å². The number of hydrogen-bond acceptors (Lipinski definition) is 4. The first-order chi connectivity index (χ1) is 23.4. The van der Waals surface area contributed by atoms with Gasteiger partial charge in [-0.3, -0.25) is 0 Å². The first kappa shape index (κ1) is 33.2. The van der Waals surface area contributed by atoms with Gasteiger partial charge >= 0.3 is 12.1 Å². The summed E-state index contributed by atoms with van der Waals surface area (Å²) >= 11 is 0. The summed E-state index contributed by atoms with van der Waals surface area (Å²) < 4.78 is 13.3. The number of carbonyl (C=O) groups excluding carboxylic acids is 1. The van der Waals surface area contributed by atoms with Gasteiger partial charge in [0.2, 0.25) is 0 Å². The highest BCUT2D eigenvalue weighted by Gasteiger charge is 2.46. The Hall–Kier alpha value is -6.20. The molecule has 0 unspecified atom stereocenters. The van der Waals surface area contributed by atoms with E-state index in [4.69, 9.17) is 14.6 Å². The summed E-state index contributed by atoms with van der Waals surface area (Å²) in [6.45, 7) is 4.60. The van der Waals surface area contributed by atoms with Crippen LogP contribution in [-0.2, 0) is 25.5 Å². The van der Waals surface area contributed by atoms with E-state index in [2.05, 4.69) is 6.58 Å². The van der Waals surface area contributed by atoms with E-state index in [1.54, 1.807) is 0 Å². The number of carboxylic acids is 1. The fraction of sp³-hybridized carbons (Fsp3) is 0.0698. The molecule has 6 aromatic carbocycles. The summed E-state index contributed by atoms with van der Waals surface area (Å²) in [5, 5.41) is 7.89. The van der Waals surface area contributed by atoms with Crippen LogP contribution < -0.4 is 0 Å². The van der Waals surface area contributed by atoms with E-state index in [9.17, 15) is 9.59 Å². The van der Waals surface area contributed by atoms with Crippen LogP contribution in [0.4, 0.5) is 4.79 Å². The van der Waals surface area contributed by atoms with Crippen molar-refractivity contribution in [3.8, 4) is 0 Å². The standard InChI is InChI=1S/C39H30O3.C4H6O2/c40-37(41-38(31-19-7-1-8-20-31,32-21-9-2-10-22-32)33-23-11-3-12-24-33)42-39(34-25-13-4-14-26-34,35-27-15-5-16-28-35)36-29-17-6-18-30-36;1-3(2)4(5)6/h1-30H;1H2,2H3,(H,5,6). The molecule has 0 atom stereocenters. The quantitative estimate of drug-likeness (QED) is 0.0976. The molecule has 1 N–H and O–H groups in total. The van der Waals surface area contributed by atoms with Crippen molar-refractivity contribution in [2.75, 3.05) is 0 Å². The zero-order valence-corrected chi connectivity index (χ0v) is 26.6. The van der Waals surface area contributed by atoms with Crippen molar-refractivity contribution in [3.63, 3.8) is 0 Å². The molecule has 0 aromatic heterocycles. The Morgan fingerprint density at radius 1 is 0.438 bits per heavy atom. The number of ether oxygens (including phenoxy) is 2. The Bertz CT molecular complexity index is 1570. The zero-order valence-electron chi connectivity index (χ0n) is 26.6. The summed E-state index contributed by atoms with van der Waals surface area (Å²) in [6.07, 6.45) is -0.803. The van der Waals surface area contributed by atoms with Crippen LogP contribution in [0.5, 0.6) is 0 Å². The number of aliphatic carboxylic acids is 1. The number of benzene rings is 6. The molecule has 0 bridgehead atoms. The minimum absolute atomic E-state index is 0.176. The molecule has 0 fully saturated rings. The van der Waals surface area contributed by atoms with Gasteiger partial charge in [0.1, 0.15) is 0 Å². The monoisotopic (exact) mass is 632 g/mol. The molecular formula is C43H36O5. The van der Waals surface area contributed by atoms with Crippen LogP contribution in [0, 0.1) is 0 Å². The number of carboxylic acid groups (broad SMARTS) is 1. The molecule has 0 saturated heterocycles. The molecule has 0 aliphatic carbocycles. The SMILES string of the molecule is C=C(C)C(=O)O.O=C(OC(c1ccccc1)(c1ccccc1)c1ccccc1)OC(c1ccccc1)(c1ccccc1)c1ccccc1. The molecule has 0 aliphatic rings. The van der Waals surface area contributed by atoms with Gasteiger partial charge in [0.05, 0.1) is 0 Å². The second kappa shape index (κ2) is 15.4. The van der Waals surface area contributed by atoms with Crippen LogP contribution >= 0.6 is 0 Å². The fourth-order valence-corrected chi connectivity index (χ4v) is 5.66. The molecule has 0 amide bonds. The van der Waals surface area contributed by atoms with Crippen molar-refractivity contribution in [2.24, 2.45) is 0 Å². The first-order valence-corrected chi connectivity index (χ1v) is 15.5. The fourth-order valence-electron chi connectivity index (χ4n) is 5.66. The lowest BCUT2D eigenvalue weighted by Crippen LogP contribution is -2.40. The number of rotatable bonds is 9. The van der Waals surface area contributed by atoms with Gasteiger partial charge in [0.15, 0.2) is 11.2 Å². The van der Waals surface area contributed by atoms with Gasteiger partial charge in [0.25, 0.3) is 0 Å². The number of hydrogen-bond donors (Lipinski definition) is 1. The van der Waals surface area contributed by atoms with E-state index in [1.165, 1.54) is 6.92 Å². The lowest BCUT2D eigenvalue weighted by Gasteiger charge is -2.38. The summed E-state index contributed by atoms with van der Waals surface area (Å²) in [6, 6.07) is 58.9. The van der Waals surface area contributed by atoms with E-state index < -0.39 is 23.3 Å². The summed E-state index contributed by atoms with van der Waals surface area (Å²) in [4.78, 5) is 24.1. The molecule has 5 nitrogen and oxygen atoms in total. The van der Waals surface area contributed by atoms with Crippen molar-refractivity contribution >= 4 is 12.1 Å². The van der Waals surface area contributed by atoms with Gasteiger partial charge in [-0.2, -0.15) is 0 Å². The highest BCUT2D eigenvalue weighted by Crippen LogP contribution is 2.44. The van der Waals surface area contributed by atoms with E-state index in [0.29, 0.717) is 0 Å². The maximum atomic E-state index is 14.5. The average Bonchev–Trinajstić information content (AvgIpc) is 3.15.